The van der Waals surface area contributed by atoms with Gasteiger partial charge in [-0.3, -0.25) is 0 Å². The molecular weight excluding hydrogens is 258 g/mol. The van der Waals surface area contributed by atoms with Crippen LogP contribution in [0.15, 0.2) is 6.07 Å². The Labute approximate surface area is 128 Å². The molecular formula is C18H29N3. The smallest absolute Gasteiger partial charge is 0.159 e. The molecule has 116 valence electrons. The molecule has 0 aliphatic rings. The van der Waals surface area contributed by atoms with Gasteiger partial charge in [-0.25, -0.2) is 9.50 Å². The van der Waals surface area contributed by atoms with Crippen molar-refractivity contribution < 1.29 is 0 Å². The molecule has 0 saturated heterocycles. The van der Waals surface area contributed by atoms with E-state index in [0.717, 1.165) is 5.65 Å². The van der Waals surface area contributed by atoms with Crippen LogP contribution in [0.3, 0.4) is 0 Å². The van der Waals surface area contributed by atoms with Crippen molar-refractivity contribution in [3.63, 3.8) is 0 Å². The van der Waals surface area contributed by atoms with Crippen LogP contribution >= 0.6 is 0 Å². The molecule has 2 aromatic rings. The molecule has 0 saturated carbocycles. The van der Waals surface area contributed by atoms with Gasteiger partial charge in [0.05, 0.1) is 5.69 Å². The fourth-order valence-electron chi connectivity index (χ4n) is 2.78. The summed E-state index contributed by atoms with van der Waals surface area (Å²) in [6.45, 7) is 17.8. The Morgan fingerprint density at radius 2 is 1.43 bits per heavy atom. The molecule has 0 aliphatic heterocycles. The first-order chi connectivity index (χ1) is 9.73. The lowest BCUT2D eigenvalue weighted by Crippen LogP contribution is -2.07. The maximum atomic E-state index is 4.94. The summed E-state index contributed by atoms with van der Waals surface area (Å²) in [6, 6.07) is 2.23. The summed E-state index contributed by atoms with van der Waals surface area (Å²) in [4.78, 5) is 4.94. The van der Waals surface area contributed by atoms with E-state index in [2.05, 4.69) is 66.0 Å². The molecule has 0 fully saturated rings. The van der Waals surface area contributed by atoms with Crippen LogP contribution in [-0.2, 0) is 0 Å². The zero-order chi connectivity index (χ0) is 15.9. The molecule has 0 amide bonds. The van der Waals surface area contributed by atoms with Crippen molar-refractivity contribution in [1.29, 1.82) is 0 Å². The van der Waals surface area contributed by atoms with E-state index in [9.17, 15) is 0 Å². The number of nitrogens with zero attached hydrogens (tertiary/aromatic N) is 3. The van der Waals surface area contributed by atoms with Crippen molar-refractivity contribution in [2.45, 2.75) is 79.1 Å². The van der Waals surface area contributed by atoms with E-state index in [0.29, 0.717) is 23.7 Å². The average molecular weight is 287 g/mol. The zero-order valence-electron chi connectivity index (χ0n) is 14.7. The van der Waals surface area contributed by atoms with Crippen molar-refractivity contribution in [3.05, 3.63) is 28.7 Å². The molecule has 2 rings (SSSR count). The largest absolute Gasteiger partial charge is 0.233 e. The molecule has 2 aromatic heterocycles. The third-order valence-corrected chi connectivity index (χ3v) is 4.01. The second-order valence-electron chi connectivity index (χ2n) is 7.26. The molecule has 0 spiro atoms. The lowest BCUT2D eigenvalue weighted by atomic mass is 9.97. The lowest BCUT2D eigenvalue weighted by Gasteiger charge is -2.13. The Bertz CT molecular complexity index is 633. The summed E-state index contributed by atoms with van der Waals surface area (Å²) in [6.07, 6.45) is 0. The second-order valence-corrected chi connectivity index (χ2v) is 7.26. The van der Waals surface area contributed by atoms with Gasteiger partial charge >= 0.3 is 0 Å². The minimum absolute atomic E-state index is 0.423. The number of rotatable bonds is 4. The fourth-order valence-corrected chi connectivity index (χ4v) is 2.78. The molecule has 0 aliphatic carbocycles. The van der Waals surface area contributed by atoms with Gasteiger partial charge in [0.25, 0.3) is 0 Å². The van der Waals surface area contributed by atoms with Gasteiger partial charge in [-0.15, -0.1) is 0 Å². The van der Waals surface area contributed by atoms with Crippen molar-refractivity contribution in [2.24, 2.45) is 0 Å². The first-order valence-electron chi connectivity index (χ1n) is 8.17. The summed E-state index contributed by atoms with van der Waals surface area (Å²) in [5.74, 6) is 1.74. The van der Waals surface area contributed by atoms with E-state index < -0.39 is 0 Å². The van der Waals surface area contributed by atoms with E-state index >= 15 is 0 Å². The predicted molar refractivity (Wildman–Crippen MR) is 89.3 cm³/mol. The van der Waals surface area contributed by atoms with Gasteiger partial charge in [0.1, 0.15) is 0 Å². The van der Waals surface area contributed by atoms with Crippen LogP contribution in [0.25, 0.3) is 5.65 Å². The summed E-state index contributed by atoms with van der Waals surface area (Å²) in [7, 11) is 0. The normalized spacial score (nSPS) is 12.6. The summed E-state index contributed by atoms with van der Waals surface area (Å²) in [5.41, 5.74) is 6.00. The molecule has 2 heterocycles. The van der Waals surface area contributed by atoms with Crippen LogP contribution in [-0.4, -0.2) is 14.6 Å². The molecule has 21 heavy (non-hydrogen) atoms. The molecule has 0 unspecified atom stereocenters. The SMILES string of the molecule is CC(C)c1cc(C(C)C)n2nc(C(C)C)c(C(C)C)c2n1. The van der Waals surface area contributed by atoms with Crippen molar-refractivity contribution in [2.75, 3.05) is 0 Å². The zero-order valence-corrected chi connectivity index (χ0v) is 14.7. The Morgan fingerprint density at radius 1 is 0.810 bits per heavy atom. The lowest BCUT2D eigenvalue weighted by molar-refractivity contribution is 0.705. The third kappa shape index (κ3) is 2.83. The minimum Gasteiger partial charge on any atom is -0.233 e. The number of aromatic nitrogens is 3. The molecule has 3 heteroatoms. The van der Waals surface area contributed by atoms with Gasteiger partial charge < -0.3 is 0 Å². The van der Waals surface area contributed by atoms with Crippen LogP contribution in [0.4, 0.5) is 0 Å². The molecule has 0 atom stereocenters. The van der Waals surface area contributed by atoms with Gasteiger partial charge in [0, 0.05) is 17.0 Å². The maximum absolute atomic E-state index is 4.94. The van der Waals surface area contributed by atoms with Gasteiger partial charge in [-0.05, 0) is 29.7 Å². The van der Waals surface area contributed by atoms with E-state index in [1.165, 1.54) is 22.6 Å². The van der Waals surface area contributed by atoms with E-state index in [-0.39, 0.29) is 0 Å². The van der Waals surface area contributed by atoms with Gasteiger partial charge in [0.15, 0.2) is 5.65 Å². The van der Waals surface area contributed by atoms with Crippen molar-refractivity contribution in [1.82, 2.24) is 14.6 Å². The van der Waals surface area contributed by atoms with Crippen molar-refractivity contribution >= 4 is 5.65 Å². The molecule has 0 radical (unpaired) electrons. The molecule has 0 bridgehead atoms. The molecule has 0 N–H and O–H groups in total. The van der Waals surface area contributed by atoms with E-state index in [1.54, 1.807) is 0 Å². The van der Waals surface area contributed by atoms with E-state index in [1.807, 2.05) is 0 Å². The number of hydrogen-bond acceptors (Lipinski definition) is 2. The Kier molecular flexibility index (Phi) is 4.40. The first kappa shape index (κ1) is 16.0. The summed E-state index contributed by atoms with van der Waals surface area (Å²) >= 11 is 0. The summed E-state index contributed by atoms with van der Waals surface area (Å²) in [5, 5.41) is 4.91. The molecule has 0 aromatic carbocycles. The minimum atomic E-state index is 0.423. The quantitative estimate of drug-likeness (QED) is 0.771. The van der Waals surface area contributed by atoms with Crippen molar-refractivity contribution in [3.8, 4) is 0 Å². The highest BCUT2D eigenvalue weighted by atomic mass is 15.3. The average Bonchev–Trinajstić information content (AvgIpc) is 2.76. The highest BCUT2D eigenvalue weighted by molar-refractivity contribution is 5.54. The van der Waals surface area contributed by atoms with Crippen LogP contribution in [0.1, 0.15) is 102 Å². The highest BCUT2D eigenvalue weighted by Crippen LogP contribution is 2.31. The number of fused-ring (bicyclic) bond motifs is 1. The monoisotopic (exact) mass is 287 g/mol. The van der Waals surface area contributed by atoms with Crippen LogP contribution in [0, 0.1) is 0 Å². The predicted octanol–water partition coefficient (Wildman–Crippen LogP) is 5.22. The molecule has 3 nitrogen and oxygen atoms in total. The second kappa shape index (κ2) is 5.78. The van der Waals surface area contributed by atoms with Gasteiger partial charge in [0.2, 0.25) is 0 Å². The van der Waals surface area contributed by atoms with Crippen LogP contribution in [0.2, 0.25) is 0 Å². The fraction of sp³-hybridized carbons (Fsp3) is 0.667. The number of hydrogen-bond donors (Lipinski definition) is 0. The highest BCUT2D eigenvalue weighted by Gasteiger charge is 2.22. The Morgan fingerprint density at radius 3 is 1.86 bits per heavy atom. The van der Waals surface area contributed by atoms with Crippen LogP contribution < -0.4 is 0 Å². The van der Waals surface area contributed by atoms with Gasteiger partial charge in [-0.2, -0.15) is 5.10 Å². The Balaban J connectivity index is 2.87. The standard InChI is InChI=1S/C18H29N3/c1-10(2)14-9-15(11(3)4)21-18(19-14)16(12(5)6)17(20-21)13(7)8/h9-13H,1-8H3. The maximum Gasteiger partial charge on any atom is 0.159 e. The Hall–Kier alpha value is -1.38. The first-order valence-corrected chi connectivity index (χ1v) is 8.17. The van der Waals surface area contributed by atoms with E-state index in [4.69, 9.17) is 10.1 Å². The van der Waals surface area contributed by atoms with Crippen LogP contribution in [0.5, 0.6) is 0 Å². The third-order valence-electron chi connectivity index (χ3n) is 4.01. The summed E-state index contributed by atoms with van der Waals surface area (Å²) < 4.78 is 2.08. The topological polar surface area (TPSA) is 30.2 Å². The van der Waals surface area contributed by atoms with Gasteiger partial charge in [-0.1, -0.05) is 55.4 Å².